The summed E-state index contributed by atoms with van der Waals surface area (Å²) in [6.45, 7) is 0.456. The maximum absolute atomic E-state index is 13.7. The van der Waals surface area contributed by atoms with Crippen LogP contribution in [0.15, 0.2) is 91.1 Å². The molecule has 1 saturated heterocycles. The van der Waals surface area contributed by atoms with Gasteiger partial charge in [0.2, 0.25) is 17.7 Å². The molecule has 4 aromatic rings. The number of hydrogen-bond acceptors (Lipinski definition) is 5. The number of amides is 4. The highest BCUT2D eigenvalue weighted by Gasteiger charge is 2.37. The fraction of sp³-hybridized carbons (Fsp3) is 0.273. The van der Waals surface area contributed by atoms with Gasteiger partial charge in [-0.15, -0.1) is 0 Å². The minimum atomic E-state index is -1.04. The summed E-state index contributed by atoms with van der Waals surface area (Å²) in [6, 6.07) is 23.4. The van der Waals surface area contributed by atoms with Gasteiger partial charge in [-0.2, -0.15) is 0 Å². The smallest absolute Gasteiger partial charge is 0.410 e. The van der Waals surface area contributed by atoms with E-state index >= 15 is 0 Å². The summed E-state index contributed by atoms with van der Waals surface area (Å²) in [4.78, 5) is 57.2. The molecule has 0 spiro atoms. The number of likely N-dealkylation sites (tertiary alicyclic amines) is 1. The van der Waals surface area contributed by atoms with Gasteiger partial charge in [0.15, 0.2) is 0 Å². The molecule has 222 valence electrons. The number of para-hydroxylation sites is 1. The Kier molecular flexibility index (Phi) is 9.36. The van der Waals surface area contributed by atoms with Crippen LogP contribution >= 0.6 is 0 Å². The lowest BCUT2D eigenvalue weighted by molar-refractivity contribution is -0.132. The second-order valence-electron chi connectivity index (χ2n) is 10.7. The molecular formula is C33H35N5O5. The van der Waals surface area contributed by atoms with Crippen LogP contribution in [0.25, 0.3) is 10.9 Å². The van der Waals surface area contributed by atoms with Gasteiger partial charge in [-0.05, 0) is 35.6 Å². The van der Waals surface area contributed by atoms with Gasteiger partial charge in [0.05, 0.1) is 0 Å². The number of benzene rings is 3. The van der Waals surface area contributed by atoms with E-state index in [2.05, 4.69) is 15.6 Å². The minimum absolute atomic E-state index is 0.0893. The predicted octanol–water partition coefficient (Wildman–Crippen LogP) is 3.21. The topological polar surface area (TPSA) is 147 Å². The Morgan fingerprint density at radius 1 is 0.860 bits per heavy atom. The number of nitrogens with zero attached hydrogens (tertiary/aromatic N) is 1. The summed E-state index contributed by atoms with van der Waals surface area (Å²) < 4.78 is 5.49. The first-order valence-electron chi connectivity index (χ1n) is 14.4. The number of fused-ring (bicyclic) bond motifs is 1. The van der Waals surface area contributed by atoms with E-state index in [1.807, 2.05) is 84.9 Å². The highest BCUT2D eigenvalue weighted by Crippen LogP contribution is 2.22. The lowest BCUT2D eigenvalue weighted by Crippen LogP contribution is -2.57. The Balaban J connectivity index is 1.32. The van der Waals surface area contributed by atoms with Crippen molar-refractivity contribution in [3.8, 4) is 0 Å². The normalized spacial score (nSPS) is 15.9. The Morgan fingerprint density at radius 3 is 2.26 bits per heavy atom. The molecule has 1 aromatic heterocycles. The standard InChI is InChI=1S/C33H35N5O5/c34-30(39)27(18-22-10-3-1-4-11-22)36-31(40)28(19-24-20-35-26-15-8-7-14-25(24)26)37-32(41)29-16-9-17-38(29)33(42)43-21-23-12-5-2-6-13-23/h1-8,10-15,20,27-29,35H,9,16-19,21H2,(H2,34,39)(H,36,40)(H,37,41)/t27-,28-,29+/m0/s1. The molecule has 0 unspecified atom stereocenters. The third-order valence-corrected chi connectivity index (χ3v) is 7.67. The summed E-state index contributed by atoms with van der Waals surface area (Å²) in [7, 11) is 0. The van der Waals surface area contributed by atoms with E-state index in [-0.39, 0.29) is 19.4 Å². The lowest BCUT2D eigenvalue weighted by Gasteiger charge is -2.27. The van der Waals surface area contributed by atoms with Gasteiger partial charge in [0.25, 0.3) is 0 Å². The van der Waals surface area contributed by atoms with Crippen LogP contribution in [0.4, 0.5) is 4.79 Å². The van der Waals surface area contributed by atoms with Crippen LogP contribution in [0.5, 0.6) is 0 Å². The quantitative estimate of drug-likeness (QED) is 0.215. The van der Waals surface area contributed by atoms with E-state index in [1.165, 1.54) is 4.90 Å². The predicted molar refractivity (Wildman–Crippen MR) is 162 cm³/mol. The molecular weight excluding hydrogens is 546 g/mol. The van der Waals surface area contributed by atoms with Gasteiger partial charge in [0, 0.05) is 36.5 Å². The van der Waals surface area contributed by atoms with Crippen molar-refractivity contribution in [2.75, 3.05) is 6.54 Å². The van der Waals surface area contributed by atoms with E-state index in [9.17, 15) is 19.2 Å². The van der Waals surface area contributed by atoms with E-state index < -0.39 is 41.9 Å². The van der Waals surface area contributed by atoms with E-state index in [0.717, 1.165) is 27.6 Å². The van der Waals surface area contributed by atoms with Crippen LogP contribution in [0.3, 0.4) is 0 Å². The maximum Gasteiger partial charge on any atom is 0.410 e. The monoisotopic (exact) mass is 581 g/mol. The third-order valence-electron chi connectivity index (χ3n) is 7.67. The molecule has 10 heteroatoms. The fourth-order valence-electron chi connectivity index (χ4n) is 5.40. The number of aromatic amines is 1. The number of rotatable bonds is 11. The molecule has 1 aliphatic rings. The SMILES string of the molecule is NC(=O)[C@H](Cc1ccccc1)NC(=O)[C@H](Cc1c[nH]c2ccccc12)NC(=O)[C@H]1CCCN1C(=O)OCc1ccccc1. The van der Waals surface area contributed by atoms with Gasteiger partial charge < -0.3 is 26.1 Å². The molecule has 0 radical (unpaired) electrons. The first-order chi connectivity index (χ1) is 20.9. The average Bonchev–Trinajstić information content (AvgIpc) is 3.68. The van der Waals surface area contributed by atoms with Gasteiger partial charge in [0.1, 0.15) is 24.7 Å². The van der Waals surface area contributed by atoms with Gasteiger partial charge >= 0.3 is 6.09 Å². The van der Waals surface area contributed by atoms with Crippen molar-refractivity contribution in [1.82, 2.24) is 20.5 Å². The highest BCUT2D eigenvalue weighted by molar-refractivity contribution is 5.94. The van der Waals surface area contributed by atoms with Crippen molar-refractivity contribution in [2.45, 2.75) is 50.4 Å². The van der Waals surface area contributed by atoms with Gasteiger partial charge in [-0.3, -0.25) is 19.3 Å². The Labute approximate surface area is 249 Å². The van der Waals surface area contributed by atoms with Crippen molar-refractivity contribution < 1.29 is 23.9 Å². The third kappa shape index (κ3) is 7.40. The molecule has 1 fully saturated rings. The van der Waals surface area contributed by atoms with E-state index in [1.54, 1.807) is 6.20 Å². The molecule has 1 aliphatic heterocycles. The largest absolute Gasteiger partial charge is 0.445 e. The minimum Gasteiger partial charge on any atom is -0.445 e. The first kappa shape index (κ1) is 29.4. The van der Waals surface area contributed by atoms with E-state index in [0.29, 0.717) is 19.4 Å². The van der Waals surface area contributed by atoms with Crippen LogP contribution < -0.4 is 16.4 Å². The Bertz CT molecular complexity index is 1570. The number of hydrogen-bond donors (Lipinski definition) is 4. The fourth-order valence-corrected chi connectivity index (χ4v) is 5.40. The molecule has 5 N–H and O–H groups in total. The summed E-state index contributed by atoms with van der Waals surface area (Å²) in [5.41, 5.74) is 9.05. The molecule has 0 aliphatic carbocycles. The molecule has 0 bridgehead atoms. The summed E-state index contributed by atoms with van der Waals surface area (Å²) in [5, 5.41) is 6.53. The summed E-state index contributed by atoms with van der Waals surface area (Å²) in [5.74, 6) is -1.69. The number of carbonyl (C=O) groups excluding carboxylic acids is 4. The number of nitrogens with two attached hydrogens (primary N) is 1. The zero-order chi connectivity index (χ0) is 30.2. The molecule has 0 saturated carbocycles. The number of H-pyrrole nitrogens is 1. The van der Waals surface area contributed by atoms with Crippen LogP contribution in [-0.4, -0.2) is 58.4 Å². The number of primary amides is 1. The van der Waals surface area contributed by atoms with Crippen molar-refractivity contribution in [2.24, 2.45) is 5.73 Å². The number of nitrogens with one attached hydrogen (secondary N) is 3. The Hall–Kier alpha value is -5.12. The molecule has 3 aromatic carbocycles. The zero-order valence-corrected chi connectivity index (χ0v) is 23.7. The summed E-state index contributed by atoms with van der Waals surface area (Å²) in [6.07, 6.45) is 2.64. The summed E-state index contributed by atoms with van der Waals surface area (Å²) >= 11 is 0. The van der Waals surface area contributed by atoms with Gasteiger partial charge in [-0.25, -0.2) is 4.79 Å². The molecule has 2 heterocycles. The zero-order valence-electron chi connectivity index (χ0n) is 23.7. The van der Waals surface area contributed by atoms with Crippen molar-refractivity contribution in [1.29, 1.82) is 0 Å². The average molecular weight is 582 g/mol. The van der Waals surface area contributed by atoms with Gasteiger partial charge in [-0.1, -0.05) is 78.9 Å². The molecule has 4 amide bonds. The van der Waals surface area contributed by atoms with Crippen LogP contribution in [-0.2, 0) is 38.6 Å². The first-order valence-corrected chi connectivity index (χ1v) is 14.4. The molecule has 43 heavy (non-hydrogen) atoms. The Morgan fingerprint density at radius 2 is 1.53 bits per heavy atom. The van der Waals surface area contributed by atoms with Crippen LogP contribution in [0, 0.1) is 0 Å². The second-order valence-corrected chi connectivity index (χ2v) is 10.7. The van der Waals surface area contributed by atoms with E-state index in [4.69, 9.17) is 10.5 Å². The molecule has 5 rings (SSSR count). The second kappa shape index (κ2) is 13.7. The number of ether oxygens (including phenoxy) is 1. The van der Waals surface area contributed by atoms with Crippen molar-refractivity contribution in [3.05, 3.63) is 108 Å². The van der Waals surface area contributed by atoms with Crippen molar-refractivity contribution >= 4 is 34.7 Å². The lowest BCUT2D eigenvalue weighted by atomic mass is 10.0. The number of aromatic nitrogens is 1. The van der Waals surface area contributed by atoms with Crippen LogP contribution in [0.2, 0.25) is 0 Å². The highest BCUT2D eigenvalue weighted by atomic mass is 16.6. The van der Waals surface area contributed by atoms with Crippen LogP contribution in [0.1, 0.15) is 29.5 Å². The molecule has 3 atom stereocenters. The maximum atomic E-state index is 13.7. The van der Waals surface area contributed by atoms with Crippen molar-refractivity contribution in [3.63, 3.8) is 0 Å². The molecule has 10 nitrogen and oxygen atoms in total. The number of carbonyl (C=O) groups is 4.